The Hall–Kier alpha value is -1.97. The Bertz CT molecular complexity index is 931. The quantitative estimate of drug-likeness (QED) is 0.699. The molecular weight excluding hydrogens is 293 g/mol. The van der Waals surface area contributed by atoms with Crippen molar-refractivity contribution in [2.45, 2.75) is 0 Å². The average Bonchev–Trinajstić information content (AvgIpc) is 2.58. The minimum absolute atomic E-state index is 0.0373. The van der Waals surface area contributed by atoms with E-state index in [4.69, 9.17) is 30.1 Å². The second kappa shape index (κ2) is 5.57. The van der Waals surface area contributed by atoms with Crippen LogP contribution in [0.2, 0.25) is 10.6 Å². The molecule has 2 aromatic carbocycles. The second-order valence-electron chi connectivity index (χ2n) is 3.77. The van der Waals surface area contributed by atoms with Crippen LogP contribution in [0.15, 0.2) is 54.5 Å². The predicted molar refractivity (Wildman–Crippen MR) is 80.7 cm³/mol. The maximum atomic E-state index is 8.01. The largest absolute Gasteiger partial charge is 0.227 e. The minimum Gasteiger partial charge on any atom is -0.198 e. The molecule has 0 amide bonds. The molecule has 0 atom stereocenters. The molecule has 20 heavy (non-hydrogen) atoms. The van der Waals surface area contributed by atoms with Crippen LogP contribution in [-0.2, 0) is 0 Å². The molecule has 98 valence electrons. The Kier molecular flexibility index (Phi) is 2.32. The summed E-state index contributed by atoms with van der Waals surface area (Å²) >= 11 is 11.5. The maximum Gasteiger partial charge on any atom is 0.227 e. The first-order valence-electron chi connectivity index (χ1n) is 8.04. The third-order valence-electron chi connectivity index (χ3n) is 2.51. The molecule has 0 saturated carbocycles. The SMILES string of the molecule is [2H]c1c([2H])c([2H])c(-c2ccc(-c3nc(Cl)nc(Cl)n3)cc2)c([2H])c1[2H]. The Morgan fingerprint density at radius 3 is 1.85 bits per heavy atom. The normalized spacial score (nSPS) is 14.0. The third-order valence-corrected chi connectivity index (χ3v) is 2.85. The lowest BCUT2D eigenvalue weighted by atomic mass is 10.0. The van der Waals surface area contributed by atoms with E-state index in [1.165, 1.54) is 0 Å². The summed E-state index contributed by atoms with van der Waals surface area (Å²) in [6.45, 7) is 0. The van der Waals surface area contributed by atoms with Crippen molar-refractivity contribution in [3.05, 3.63) is 65.0 Å². The fourth-order valence-electron chi connectivity index (χ4n) is 1.64. The van der Waals surface area contributed by atoms with Crippen LogP contribution in [0, 0.1) is 0 Å². The van der Waals surface area contributed by atoms with Gasteiger partial charge in [0, 0.05) is 5.56 Å². The van der Waals surface area contributed by atoms with Gasteiger partial charge in [0.25, 0.3) is 0 Å². The molecule has 0 aliphatic carbocycles. The highest BCUT2D eigenvalue weighted by Gasteiger charge is 2.06. The van der Waals surface area contributed by atoms with Gasteiger partial charge in [0.1, 0.15) is 0 Å². The molecule has 0 spiro atoms. The van der Waals surface area contributed by atoms with Crippen molar-refractivity contribution in [2.24, 2.45) is 0 Å². The van der Waals surface area contributed by atoms with E-state index in [-0.39, 0.29) is 46.1 Å². The number of halogens is 2. The molecule has 0 aliphatic heterocycles. The van der Waals surface area contributed by atoms with Crippen LogP contribution in [0.25, 0.3) is 22.5 Å². The molecule has 0 aliphatic rings. The minimum atomic E-state index is -0.426. The molecule has 3 nitrogen and oxygen atoms in total. The van der Waals surface area contributed by atoms with Gasteiger partial charge in [0.05, 0.1) is 6.85 Å². The van der Waals surface area contributed by atoms with Gasteiger partial charge < -0.3 is 0 Å². The van der Waals surface area contributed by atoms with Gasteiger partial charge in [0.15, 0.2) is 5.82 Å². The van der Waals surface area contributed by atoms with Crippen molar-refractivity contribution >= 4 is 23.2 Å². The van der Waals surface area contributed by atoms with Crippen LogP contribution >= 0.6 is 23.2 Å². The van der Waals surface area contributed by atoms with Gasteiger partial charge in [-0.1, -0.05) is 54.5 Å². The summed E-state index contributed by atoms with van der Waals surface area (Å²) < 4.78 is 39.1. The molecule has 5 heteroatoms. The first-order valence-corrected chi connectivity index (χ1v) is 6.30. The maximum absolute atomic E-state index is 8.01. The molecule has 0 fully saturated rings. The first kappa shape index (κ1) is 8.35. The standard InChI is InChI=1S/C15H9Cl2N3/c16-14-18-13(19-15(17)20-14)12-8-6-11(7-9-12)10-4-2-1-3-5-10/h1-9H/i1D,2D,3D,4D,5D. The Morgan fingerprint density at radius 1 is 0.700 bits per heavy atom. The molecule has 3 rings (SSSR count). The number of rotatable bonds is 2. The third kappa shape index (κ3) is 2.79. The topological polar surface area (TPSA) is 38.7 Å². The Labute approximate surface area is 133 Å². The molecule has 0 bridgehead atoms. The molecule has 0 N–H and O–H groups in total. The number of aromatic nitrogens is 3. The van der Waals surface area contributed by atoms with Gasteiger partial charge in [0.2, 0.25) is 10.6 Å². The van der Waals surface area contributed by atoms with E-state index >= 15 is 0 Å². The molecular formula is C15H9Cl2N3. The zero-order valence-electron chi connectivity index (χ0n) is 14.9. The van der Waals surface area contributed by atoms with Gasteiger partial charge in [-0.05, 0) is 34.3 Å². The molecule has 0 saturated heterocycles. The van der Waals surface area contributed by atoms with Crippen LogP contribution in [-0.4, -0.2) is 15.0 Å². The average molecular weight is 307 g/mol. The van der Waals surface area contributed by atoms with Crippen molar-refractivity contribution < 1.29 is 6.85 Å². The number of benzene rings is 2. The lowest BCUT2D eigenvalue weighted by molar-refractivity contribution is 1.06. The fraction of sp³-hybridized carbons (Fsp3) is 0. The van der Waals surface area contributed by atoms with E-state index in [1.54, 1.807) is 24.3 Å². The highest BCUT2D eigenvalue weighted by molar-refractivity contribution is 6.31. The van der Waals surface area contributed by atoms with Gasteiger partial charge in [-0.15, -0.1) is 0 Å². The van der Waals surface area contributed by atoms with E-state index in [9.17, 15) is 0 Å². The van der Waals surface area contributed by atoms with Crippen LogP contribution in [0.4, 0.5) is 0 Å². The Balaban J connectivity index is 2.10. The zero-order valence-corrected chi connectivity index (χ0v) is 11.4. The van der Waals surface area contributed by atoms with Crippen molar-refractivity contribution in [3.63, 3.8) is 0 Å². The van der Waals surface area contributed by atoms with Crippen molar-refractivity contribution in [1.82, 2.24) is 15.0 Å². The summed E-state index contributed by atoms with van der Waals surface area (Å²) in [5.41, 5.74) is 1.21. The summed E-state index contributed by atoms with van der Waals surface area (Å²) in [4.78, 5) is 11.6. The predicted octanol–water partition coefficient (Wildman–Crippen LogP) is 4.51. The molecule has 0 unspecified atom stereocenters. The first-order chi connectivity index (χ1) is 11.8. The lowest BCUT2D eigenvalue weighted by Gasteiger charge is -2.04. The molecule has 0 radical (unpaired) electrons. The number of hydrogen-bond acceptors (Lipinski definition) is 3. The summed E-state index contributed by atoms with van der Waals surface area (Å²) in [5, 5.41) is -0.0746. The number of nitrogens with zero attached hydrogens (tertiary/aromatic N) is 3. The smallest absolute Gasteiger partial charge is 0.198 e. The van der Waals surface area contributed by atoms with Crippen LogP contribution in [0.1, 0.15) is 6.85 Å². The Morgan fingerprint density at radius 2 is 1.25 bits per heavy atom. The van der Waals surface area contributed by atoms with E-state index in [1.807, 2.05) is 0 Å². The summed E-state index contributed by atoms with van der Waals surface area (Å²) in [6.07, 6.45) is 0. The van der Waals surface area contributed by atoms with Gasteiger partial charge >= 0.3 is 0 Å². The molecule has 3 aromatic rings. The van der Waals surface area contributed by atoms with Crippen molar-refractivity contribution in [3.8, 4) is 22.5 Å². The highest BCUT2D eigenvalue weighted by Crippen LogP contribution is 2.23. The highest BCUT2D eigenvalue weighted by atomic mass is 35.5. The van der Waals surface area contributed by atoms with Gasteiger partial charge in [-0.2, -0.15) is 15.0 Å². The van der Waals surface area contributed by atoms with Gasteiger partial charge in [-0.25, -0.2) is 0 Å². The van der Waals surface area contributed by atoms with E-state index in [2.05, 4.69) is 15.0 Å². The molecule has 1 aromatic heterocycles. The summed E-state index contributed by atoms with van der Waals surface area (Å²) in [7, 11) is 0. The van der Waals surface area contributed by atoms with Crippen LogP contribution in [0.5, 0.6) is 0 Å². The van der Waals surface area contributed by atoms with E-state index < -0.39 is 6.04 Å². The van der Waals surface area contributed by atoms with Crippen LogP contribution in [0.3, 0.4) is 0 Å². The monoisotopic (exact) mass is 306 g/mol. The summed E-state index contributed by atoms with van der Waals surface area (Å²) in [5.74, 6) is 0.276. The lowest BCUT2D eigenvalue weighted by Crippen LogP contribution is -1.93. The van der Waals surface area contributed by atoms with Crippen LogP contribution < -0.4 is 0 Å². The molecule has 1 heterocycles. The van der Waals surface area contributed by atoms with Gasteiger partial charge in [-0.3, -0.25) is 0 Å². The van der Waals surface area contributed by atoms with Crippen molar-refractivity contribution in [1.29, 1.82) is 0 Å². The van der Waals surface area contributed by atoms with E-state index in [0.29, 0.717) is 11.1 Å². The summed E-state index contributed by atoms with van der Waals surface area (Å²) in [6, 6.07) is 4.84. The van der Waals surface area contributed by atoms with E-state index in [0.717, 1.165) is 0 Å². The number of hydrogen-bond donors (Lipinski definition) is 0. The van der Waals surface area contributed by atoms with Crippen molar-refractivity contribution in [2.75, 3.05) is 0 Å². The fourth-order valence-corrected chi connectivity index (χ4v) is 2.00. The zero-order chi connectivity index (χ0) is 18.3. The second-order valence-corrected chi connectivity index (χ2v) is 4.45.